The van der Waals surface area contributed by atoms with Gasteiger partial charge >= 0.3 is 0 Å². The molecule has 0 bridgehead atoms. The highest BCUT2D eigenvalue weighted by Gasteiger charge is 2.47. The smallest absolute Gasteiger partial charge is 0.242 e. The monoisotopic (exact) mass is 311 g/mol. The molecule has 2 heterocycles. The number of nitrogens with two attached hydrogens (primary N) is 1. The third-order valence-corrected chi connectivity index (χ3v) is 4.92. The fourth-order valence-electron chi connectivity index (χ4n) is 3.91. The van der Waals surface area contributed by atoms with Crippen molar-refractivity contribution in [3.8, 4) is 0 Å². The molecule has 6 nitrogen and oxygen atoms in total. The van der Waals surface area contributed by atoms with Gasteiger partial charge in [0.15, 0.2) is 0 Å². The normalized spacial score (nSPS) is 24.7. The number of piperazine rings is 1. The Morgan fingerprint density at radius 1 is 1.32 bits per heavy atom. The Bertz CT molecular complexity index is 442. The first-order valence-corrected chi connectivity index (χ1v) is 8.13. The zero-order chi connectivity index (χ0) is 16.5. The van der Waals surface area contributed by atoms with E-state index in [2.05, 4.69) is 0 Å². The van der Waals surface area contributed by atoms with E-state index in [-0.39, 0.29) is 29.9 Å². The van der Waals surface area contributed by atoms with Gasteiger partial charge in [-0.2, -0.15) is 0 Å². The van der Waals surface area contributed by atoms with Gasteiger partial charge in [-0.1, -0.05) is 0 Å². The Hall–Kier alpha value is -1.14. The van der Waals surface area contributed by atoms with Crippen molar-refractivity contribution in [3.63, 3.8) is 0 Å². The highest BCUT2D eigenvalue weighted by atomic mass is 16.5. The van der Waals surface area contributed by atoms with Crippen LogP contribution in [0.15, 0.2) is 0 Å². The minimum atomic E-state index is -0.561. The van der Waals surface area contributed by atoms with Gasteiger partial charge in [0.1, 0.15) is 0 Å². The quantitative estimate of drug-likeness (QED) is 0.828. The van der Waals surface area contributed by atoms with Gasteiger partial charge in [0, 0.05) is 32.3 Å². The molecule has 0 aliphatic carbocycles. The molecule has 0 atom stereocenters. The molecule has 2 saturated heterocycles. The van der Waals surface area contributed by atoms with Gasteiger partial charge in [-0.15, -0.1) is 0 Å². The average Bonchev–Trinajstić information content (AvgIpc) is 2.44. The Labute approximate surface area is 132 Å². The lowest BCUT2D eigenvalue weighted by Gasteiger charge is -2.50. The molecule has 0 aromatic rings. The van der Waals surface area contributed by atoms with Crippen molar-refractivity contribution < 1.29 is 14.3 Å². The van der Waals surface area contributed by atoms with Crippen molar-refractivity contribution in [2.24, 2.45) is 11.1 Å². The zero-order valence-corrected chi connectivity index (χ0v) is 14.2. The number of carbonyl (C=O) groups excluding carboxylic acids is 2. The molecule has 2 amide bonds. The number of ether oxygens (including phenoxy) is 1. The minimum Gasteiger partial charge on any atom is -0.381 e. The van der Waals surface area contributed by atoms with Crippen molar-refractivity contribution in [1.82, 2.24) is 9.80 Å². The number of rotatable bonds is 3. The van der Waals surface area contributed by atoms with E-state index in [9.17, 15) is 9.59 Å². The summed E-state index contributed by atoms with van der Waals surface area (Å²) in [6, 6.07) is 0.131. The van der Waals surface area contributed by atoms with Crippen LogP contribution in [0.25, 0.3) is 0 Å². The maximum Gasteiger partial charge on any atom is 0.242 e. The first-order chi connectivity index (χ1) is 10.2. The van der Waals surface area contributed by atoms with Crippen LogP contribution in [-0.4, -0.2) is 66.0 Å². The van der Waals surface area contributed by atoms with Crippen molar-refractivity contribution >= 4 is 11.8 Å². The zero-order valence-electron chi connectivity index (χ0n) is 14.2. The third-order valence-electron chi connectivity index (χ3n) is 4.92. The average molecular weight is 311 g/mol. The van der Waals surface area contributed by atoms with E-state index in [1.54, 1.807) is 4.90 Å². The van der Waals surface area contributed by atoms with Gasteiger partial charge in [0.05, 0.1) is 17.5 Å². The van der Waals surface area contributed by atoms with Crippen LogP contribution in [0, 0.1) is 5.41 Å². The summed E-state index contributed by atoms with van der Waals surface area (Å²) in [4.78, 5) is 29.1. The number of amides is 2. The molecule has 2 fully saturated rings. The Morgan fingerprint density at radius 2 is 1.91 bits per heavy atom. The number of hydrogen-bond acceptors (Lipinski definition) is 4. The van der Waals surface area contributed by atoms with E-state index in [1.165, 1.54) is 0 Å². The fourth-order valence-corrected chi connectivity index (χ4v) is 3.91. The summed E-state index contributed by atoms with van der Waals surface area (Å²) in [6.07, 6.45) is 1.28. The molecule has 126 valence electrons. The number of carbonyl (C=O) groups is 2. The van der Waals surface area contributed by atoms with E-state index in [1.807, 2.05) is 32.6 Å². The predicted molar refractivity (Wildman–Crippen MR) is 84.2 cm³/mol. The van der Waals surface area contributed by atoms with Crippen LogP contribution in [0.3, 0.4) is 0 Å². The van der Waals surface area contributed by atoms with Crippen LogP contribution < -0.4 is 5.73 Å². The van der Waals surface area contributed by atoms with E-state index in [0.29, 0.717) is 39.1 Å². The summed E-state index contributed by atoms with van der Waals surface area (Å²) in [5.41, 5.74) is 5.00. The summed E-state index contributed by atoms with van der Waals surface area (Å²) in [6.45, 7) is 10.2. The van der Waals surface area contributed by atoms with Gasteiger partial charge in [-0.05, 0) is 40.5 Å². The molecule has 0 saturated carbocycles. The van der Waals surface area contributed by atoms with Crippen molar-refractivity contribution in [2.45, 2.75) is 52.1 Å². The molecule has 22 heavy (non-hydrogen) atoms. The third kappa shape index (κ3) is 2.99. The van der Waals surface area contributed by atoms with E-state index in [0.717, 1.165) is 0 Å². The highest BCUT2D eigenvalue weighted by Crippen LogP contribution is 2.34. The first kappa shape index (κ1) is 17.2. The summed E-state index contributed by atoms with van der Waals surface area (Å²) >= 11 is 0. The van der Waals surface area contributed by atoms with Crippen LogP contribution >= 0.6 is 0 Å². The Morgan fingerprint density at radius 3 is 2.36 bits per heavy atom. The van der Waals surface area contributed by atoms with Crippen molar-refractivity contribution in [3.05, 3.63) is 0 Å². The fraction of sp³-hybridized carbons (Fsp3) is 0.875. The van der Waals surface area contributed by atoms with Gasteiger partial charge in [0.25, 0.3) is 0 Å². The standard InChI is InChI=1S/C16H29N3O3/c1-12(2)19-13(20)9-18(11-15(19,3)4)14(21)16(10-17)5-7-22-8-6-16/h12H,5-11,17H2,1-4H3. The van der Waals surface area contributed by atoms with Crippen molar-refractivity contribution in [2.75, 3.05) is 32.8 Å². The van der Waals surface area contributed by atoms with Crippen LogP contribution in [0.1, 0.15) is 40.5 Å². The van der Waals surface area contributed by atoms with Gasteiger partial charge in [-0.25, -0.2) is 0 Å². The second-order valence-electron chi connectivity index (χ2n) is 7.43. The molecule has 0 spiro atoms. The van der Waals surface area contributed by atoms with Crippen LogP contribution in [-0.2, 0) is 14.3 Å². The second kappa shape index (κ2) is 6.16. The Kier molecular flexibility index (Phi) is 4.82. The summed E-state index contributed by atoms with van der Waals surface area (Å²) in [7, 11) is 0. The van der Waals surface area contributed by atoms with E-state index < -0.39 is 5.41 Å². The molecule has 2 rings (SSSR count). The lowest BCUT2D eigenvalue weighted by Crippen LogP contribution is -2.67. The second-order valence-corrected chi connectivity index (χ2v) is 7.43. The number of nitrogens with zero attached hydrogens (tertiary/aromatic N) is 2. The van der Waals surface area contributed by atoms with Gasteiger partial charge in [0.2, 0.25) is 11.8 Å². The van der Waals surface area contributed by atoms with Crippen LogP contribution in [0.2, 0.25) is 0 Å². The van der Waals surface area contributed by atoms with Crippen LogP contribution in [0.4, 0.5) is 0 Å². The molecule has 2 N–H and O–H groups in total. The molecule has 0 unspecified atom stereocenters. The van der Waals surface area contributed by atoms with Crippen LogP contribution in [0.5, 0.6) is 0 Å². The van der Waals surface area contributed by atoms with E-state index >= 15 is 0 Å². The summed E-state index contributed by atoms with van der Waals surface area (Å²) in [5.74, 6) is 0.0296. The minimum absolute atomic E-state index is 0.0128. The highest BCUT2D eigenvalue weighted by molar-refractivity contribution is 5.90. The molecule has 6 heteroatoms. The lowest BCUT2D eigenvalue weighted by molar-refractivity contribution is -0.163. The molecule has 0 aromatic carbocycles. The predicted octanol–water partition coefficient (Wildman–Crippen LogP) is 0.600. The Balaban J connectivity index is 2.19. The molecular weight excluding hydrogens is 282 g/mol. The maximum absolute atomic E-state index is 13.0. The summed E-state index contributed by atoms with van der Waals surface area (Å²) in [5, 5.41) is 0. The molecular formula is C16H29N3O3. The van der Waals surface area contributed by atoms with E-state index in [4.69, 9.17) is 10.5 Å². The van der Waals surface area contributed by atoms with Gasteiger partial charge < -0.3 is 20.3 Å². The molecule has 0 aromatic heterocycles. The molecule has 0 radical (unpaired) electrons. The van der Waals surface area contributed by atoms with Gasteiger partial charge in [-0.3, -0.25) is 9.59 Å². The molecule has 2 aliphatic heterocycles. The lowest BCUT2D eigenvalue weighted by atomic mass is 9.78. The SMILES string of the molecule is CC(C)N1C(=O)CN(C(=O)C2(CN)CCOCC2)CC1(C)C. The van der Waals surface area contributed by atoms with Crippen molar-refractivity contribution in [1.29, 1.82) is 0 Å². The number of hydrogen-bond donors (Lipinski definition) is 1. The first-order valence-electron chi connectivity index (χ1n) is 8.13. The molecule has 2 aliphatic rings. The maximum atomic E-state index is 13.0. The topological polar surface area (TPSA) is 75.9 Å². The summed E-state index contributed by atoms with van der Waals surface area (Å²) < 4.78 is 5.37. The largest absolute Gasteiger partial charge is 0.381 e.